The van der Waals surface area contributed by atoms with E-state index in [1.807, 2.05) is 146 Å². The van der Waals surface area contributed by atoms with Gasteiger partial charge in [-0.2, -0.15) is 0 Å². The molecule has 8 bridgehead atoms. The van der Waals surface area contributed by atoms with Crippen molar-refractivity contribution < 1.29 is 18.9 Å². The smallest absolute Gasteiger partial charge is 0.164 e. The van der Waals surface area contributed by atoms with Crippen molar-refractivity contribution in [2.45, 2.75) is 26.4 Å². The van der Waals surface area contributed by atoms with Crippen molar-refractivity contribution in [2.24, 2.45) is 0 Å². The molecule has 0 unspecified atom stereocenters. The highest BCUT2D eigenvalue weighted by Crippen LogP contribution is 2.44. The molecular weight excluding hydrogens is 1190 g/mol. The highest BCUT2D eigenvalue weighted by Gasteiger charge is 2.26. The van der Waals surface area contributed by atoms with E-state index in [2.05, 4.69) is 127 Å². The van der Waals surface area contributed by atoms with Crippen LogP contribution in [0.2, 0.25) is 0 Å². The van der Waals surface area contributed by atoms with Gasteiger partial charge in [-0.25, -0.2) is 29.9 Å². The Morgan fingerprint density at radius 2 is 0.510 bits per heavy atom. The van der Waals surface area contributed by atoms with Gasteiger partial charge in [0.05, 0.1) is 22.8 Å². The van der Waals surface area contributed by atoms with Gasteiger partial charge in [-0.05, 0) is 144 Å². The van der Waals surface area contributed by atoms with E-state index in [1.165, 1.54) is 0 Å². The number of nitrogens with one attached hydrogen (secondary N) is 2. The number of aromatic nitrogens is 12. The number of ether oxygens (including phenoxy) is 4. The Kier molecular flexibility index (Phi) is 14.7. The molecule has 0 saturated carbocycles. The predicted molar refractivity (Wildman–Crippen MR) is 372 cm³/mol. The first-order valence-corrected chi connectivity index (χ1v) is 31.4. The number of benzene rings is 8. The number of para-hydroxylation sites is 4. The van der Waals surface area contributed by atoms with Gasteiger partial charge in [0.15, 0.2) is 23.3 Å². The van der Waals surface area contributed by atoms with E-state index in [4.69, 9.17) is 48.9 Å². The molecule has 96 heavy (non-hydrogen) atoms. The lowest BCUT2D eigenvalue weighted by molar-refractivity contribution is 0.302. The number of nitrogens with zero attached hydrogens (tertiary/aromatic N) is 10. The summed E-state index contributed by atoms with van der Waals surface area (Å²) in [5, 5.41) is 3.18. The zero-order chi connectivity index (χ0) is 63.7. The van der Waals surface area contributed by atoms with Gasteiger partial charge in [0.2, 0.25) is 0 Å². The maximum absolute atomic E-state index is 6.51. The van der Waals surface area contributed by atoms with Crippen molar-refractivity contribution >= 4 is 44.1 Å². The van der Waals surface area contributed by atoms with Crippen molar-refractivity contribution in [1.29, 1.82) is 0 Å². The topological polar surface area (TPSA) is 197 Å². The third-order valence-corrected chi connectivity index (χ3v) is 17.0. The molecule has 15 aromatic rings. The van der Waals surface area contributed by atoms with Crippen molar-refractivity contribution in [3.05, 3.63) is 290 Å². The summed E-state index contributed by atoms with van der Waals surface area (Å²) in [6.07, 6.45) is 7.08. The second kappa shape index (κ2) is 24.9. The summed E-state index contributed by atoms with van der Waals surface area (Å²) in [4.78, 5) is 58.3. The van der Waals surface area contributed by atoms with Crippen molar-refractivity contribution in [1.82, 2.24) is 59.8 Å². The lowest BCUT2D eigenvalue weighted by atomic mass is 9.98. The lowest BCUT2D eigenvalue weighted by Gasteiger charge is -2.12. The van der Waals surface area contributed by atoms with Gasteiger partial charge in [-0.1, -0.05) is 121 Å². The predicted octanol–water partition coefficient (Wildman–Crippen LogP) is 17.4. The van der Waals surface area contributed by atoms with E-state index in [0.717, 1.165) is 111 Å². The maximum atomic E-state index is 6.51. The summed E-state index contributed by atoms with van der Waals surface area (Å²) in [7, 11) is 0. The average Bonchev–Trinajstić information content (AvgIpc) is 1.59. The molecule has 9 heterocycles. The molecule has 2 aliphatic heterocycles. The molecule has 0 aliphatic carbocycles. The molecule has 0 saturated heterocycles. The molecule has 16 heteroatoms. The number of aromatic amines is 2. The number of H-pyrrole nitrogens is 2. The summed E-state index contributed by atoms with van der Waals surface area (Å²) in [6.45, 7) is 1.17. The van der Waals surface area contributed by atoms with E-state index < -0.39 is 0 Å². The summed E-state index contributed by atoms with van der Waals surface area (Å²) >= 11 is 0. The minimum atomic E-state index is 0.292. The number of hydrogen-bond acceptors (Lipinski definition) is 14. The fraction of sp³-hybridized carbons (Fsp3) is 0.0500. The first-order valence-electron chi connectivity index (χ1n) is 31.4. The van der Waals surface area contributed by atoms with Gasteiger partial charge in [0.1, 0.15) is 72.0 Å². The molecule has 2 aliphatic rings. The number of rotatable bonds is 16. The standard InChI is InChI=1S/C80H54N12O4/c1-5-25-69(93-45-53-17-9-13-37-81-53)57(21-1)49-29-33-61-65(41-49)77-85-73(61)90-78-67-43-51(59-23-3-7-27-71(59)95-47-55-19-11-15-39-83-55)31-35-63(67)75(87-78)92-80-68-44-52(60-24-4-8-28-72(60)96-48-56-20-12-16-40-84-56)32-36-64(68)76(88-80)91-79-66-42-50(30-34-62(66)74(86-79)89-77)58-22-2-6-26-70(58)94-46-54-18-10-14-38-82-54/h1-44H,45-48H2,(H2,85,86,87,88,89,90,91,92). The van der Waals surface area contributed by atoms with Gasteiger partial charge in [-0.15, -0.1) is 0 Å². The first kappa shape index (κ1) is 56.9. The zero-order valence-electron chi connectivity index (χ0n) is 51.3. The molecule has 0 radical (unpaired) electrons. The van der Waals surface area contributed by atoms with Gasteiger partial charge in [0.25, 0.3) is 0 Å². The van der Waals surface area contributed by atoms with Crippen LogP contribution in [0.4, 0.5) is 0 Å². The Bertz CT molecular complexity index is 5290. The monoisotopic (exact) mass is 1250 g/mol. The summed E-state index contributed by atoms with van der Waals surface area (Å²) in [5.74, 6) is 4.58. The number of pyridine rings is 4. The van der Waals surface area contributed by atoms with Crippen molar-refractivity contribution in [3.63, 3.8) is 0 Å². The quantitative estimate of drug-likeness (QED) is 0.0926. The highest BCUT2D eigenvalue weighted by atomic mass is 16.5. The molecule has 16 nitrogen and oxygen atoms in total. The van der Waals surface area contributed by atoms with Gasteiger partial charge in [0, 0.05) is 90.8 Å². The second-order valence-electron chi connectivity index (χ2n) is 23.1. The summed E-state index contributed by atoms with van der Waals surface area (Å²) in [5.41, 5.74) is 15.6. The molecule has 458 valence electrons. The largest absolute Gasteiger partial charge is 0.487 e. The van der Waals surface area contributed by atoms with Crippen LogP contribution in [-0.4, -0.2) is 59.8 Å². The van der Waals surface area contributed by atoms with E-state index in [9.17, 15) is 0 Å². The zero-order valence-corrected chi connectivity index (χ0v) is 51.3. The van der Waals surface area contributed by atoms with Crippen LogP contribution in [0.15, 0.2) is 267 Å². The Morgan fingerprint density at radius 3 is 0.833 bits per heavy atom. The van der Waals surface area contributed by atoms with Crippen LogP contribution in [0.5, 0.6) is 23.0 Å². The Morgan fingerprint density at radius 1 is 0.229 bits per heavy atom. The fourth-order valence-corrected chi connectivity index (χ4v) is 12.3. The molecule has 17 rings (SSSR count). The van der Waals surface area contributed by atoms with Gasteiger partial charge in [-0.3, -0.25) is 19.9 Å². The van der Waals surface area contributed by atoms with Crippen LogP contribution in [0.1, 0.15) is 22.8 Å². The molecule has 0 amide bonds. The first-order chi connectivity index (χ1) is 47.5. The molecule has 7 aromatic heterocycles. The van der Waals surface area contributed by atoms with Crippen LogP contribution in [-0.2, 0) is 26.4 Å². The lowest BCUT2D eigenvalue weighted by Crippen LogP contribution is -1.99. The van der Waals surface area contributed by atoms with Crippen molar-refractivity contribution in [3.8, 4) is 113 Å². The molecule has 8 aromatic carbocycles. The van der Waals surface area contributed by atoms with Crippen LogP contribution >= 0.6 is 0 Å². The van der Waals surface area contributed by atoms with Crippen LogP contribution in [0, 0.1) is 0 Å². The summed E-state index contributed by atoms with van der Waals surface area (Å²) in [6, 6.07) is 80.4. The van der Waals surface area contributed by atoms with E-state index in [-0.39, 0.29) is 0 Å². The summed E-state index contributed by atoms with van der Waals surface area (Å²) < 4.78 is 26.0. The number of fused-ring (bicyclic) bond motifs is 20. The van der Waals surface area contributed by atoms with E-state index in [0.29, 0.717) is 95.3 Å². The maximum Gasteiger partial charge on any atom is 0.164 e. The normalized spacial score (nSPS) is 11.5. The third-order valence-electron chi connectivity index (χ3n) is 17.0. The molecule has 2 N–H and O–H groups in total. The SMILES string of the molecule is c1ccc(COc2ccccc2-c2ccc3c(c2)-c2nc-3nc3[nH]c(nc4nc(nc5[nH]c(n2)c2ccc(-c6ccccc6OCc6ccccn6)cc52)-c2ccc(-c5ccccc5OCc5ccccn5)cc2-4)c2ccc(-c4ccccc4OCc4ccccn4)cc32)nc1. The van der Waals surface area contributed by atoms with Crippen LogP contribution in [0.3, 0.4) is 0 Å². The van der Waals surface area contributed by atoms with E-state index >= 15 is 0 Å². The molecule has 0 atom stereocenters. The Labute approximate surface area is 549 Å². The Hall–Kier alpha value is -13.1. The van der Waals surface area contributed by atoms with Crippen molar-refractivity contribution in [2.75, 3.05) is 0 Å². The average molecular weight is 1250 g/mol. The molecule has 0 spiro atoms. The fourth-order valence-electron chi connectivity index (χ4n) is 12.3. The van der Waals surface area contributed by atoms with Crippen LogP contribution in [0.25, 0.3) is 134 Å². The third kappa shape index (κ3) is 11.2. The van der Waals surface area contributed by atoms with Gasteiger partial charge >= 0.3 is 0 Å². The molecular formula is C80H54N12O4. The van der Waals surface area contributed by atoms with E-state index in [1.54, 1.807) is 24.8 Å². The van der Waals surface area contributed by atoms with Gasteiger partial charge < -0.3 is 28.9 Å². The minimum absolute atomic E-state index is 0.292. The second-order valence-corrected chi connectivity index (χ2v) is 23.1. The number of hydrogen-bond donors (Lipinski definition) is 2. The highest BCUT2D eigenvalue weighted by molar-refractivity contribution is 6.08. The van der Waals surface area contributed by atoms with Crippen LogP contribution < -0.4 is 18.9 Å². The molecule has 0 fully saturated rings. The minimum Gasteiger partial charge on any atom is -0.487 e. The Balaban J connectivity index is 0.889.